The topological polar surface area (TPSA) is 46.2 Å². The van der Waals surface area contributed by atoms with Gasteiger partial charge >= 0.3 is 0 Å². The lowest BCUT2D eigenvalue weighted by atomic mass is 10.3. The third-order valence-corrected chi connectivity index (χ3v) is 2.35. The predicted octanol–water partition coefficient (Wildman–Crippen LogP) is 1.24. The fourth-order valence-electron chi connectivity index (χ4n) is 0.648. The zero-order valence-electron chi connectivity index (χ0n) is 6.84. The van der Waals surface area contributed by atoms with Crippen LogP contribution in [0.25, 0.3) is 0 Å². The van der Waals surface area contributed by atoms with Gasteiger partial charge in [0, 0.05) is 12.0 Å². The quantitative estimate of drug-likeness (QED) is 0.620. The van der Waals surface area contributed by atoms with Crippen molar-refractivity contribution in [1.82, 2.24) is 4.72 Å². The van der Waals surface area contributed by atoms with Gasteiger partial charge in [0.15, 0.2) is 0 Å². The first kappa shape index (κ1) is 10.7. The number of nitrogens with one attached hydrogen (secondary N) is 1. The van der Waals surface area contributed by atoms with Crippen LogP contribution in [0.15, 0.2) is 12.0 Å². The minimum atomic E-state index is -3.19. The monoisotopic (exact) mass is 177 g/mol. The van der Waals surface area contributed by atoms with Gasteiger partial charge in [-0.15, -0.1) is 0 Å². The summed E-state index contributed by atoms with van der Waals surface area (Å²) in [7, 11) is -3.19. The van der Waals surface area contributed by atoms with Crippen LogP contribution in [0.2, 0.25) is 0 Å². The van der Waals surface area contributed by atoms with E-state index in [0.29, 0.717) is 6.54 Å². The summed E-state index contributed by atoms with van der Waals surface area (Å²) in [5, 5.41) is 0.930. The molecule has 4 heteroatoms. The Morgan fingerprint density at radius 2 is 2.09 bits per heavy atom. The van der Waals surface area contributed by atoms with Gasteiger partial charge in [-0.25, -0.2) is 13.1 Å². The van der Waals surface area contributed by atoms with E-state index in [0.717, 1.165) is 24.7 Å². The van der Waals surface area contributed by atoms with E-state index < -0.39 is 10.0 Å². The molecule has 66 valence electrons. The van der Waals surface area contributed by atoms with Crippen LogP contribution in [0.5, 0.6) is 0 Å². The fourth-order valence-corrected chi connectivity index (χ4v) is 1.20. The van der Waals surface area contributed by atoms with Crippen molar-refractivity contribution in [3.8, 4) is 0 Å². The van der Waals surface area contributed by atoms with Crippen LogP contribution in [-0.2, 0) is 10.0 Å². The minimum absolute atomic E-state index is 0.516. The molecule has 0 saturated carbocycles. The summed E-state index contributed by atoms with van der Waals surface area (Å²) >= 11 is 0. The van der Waals surface area contributed by atoms with E-state index in [1.165, 1.54) is 0 Å². The van der Waals surface area contributed by atoms with Crippen molar-refractivity contribution >= 4 is 10.0 Å². The van der Waals surface area contributed by atoms with Gasteiger partial charge in [0.1, 0.15) is 0 Å². The Kier molecular flexibility index (Phi) is 5.15. The second-order valence-corrected chi connectivity index (χ2v) is 4.03. The number of unbranched alkanes of at least 4 members (excludes halogenated alkanes) is 2. The SMILES string of the molecule is C=CS(=O)(=O)NCCCCC. The Morgan fingerprint density at radius 3 is 2.55 bits per heavy atom. The maximum absolute atomic E-state index is 10.7. The van der Waals surface area contributed by atoms with E-state index in [-0.39, 0.29) is 0 Å². The van der Waals surface area contributed by atoms with Gasteiger partial charge in [0.05, 0.1) is 0 Å². The molecule has 0 saturated heterocycles. The molecular formula is C7H15NO2S. The number of rotatable bonds is 6. The van der Waals surface area contributed by atoms with E-state index in [9.17, 15) is 8.42 Å². The van der Waals surface area contributed by atoms with Gasteiger partial charge in [-0.3, -0.25) is 0 Å². The Bertz CT molecular complexity index is 196. The molecule has 0 rings (SSSR count). The van der Waals surface area contributed by atoms with E-state index in [1.807, 2.05) is 0 Å². The maximum atomic E-state index is 10.7. The highest BCUT2D eigenvalue weighted by molar-refractivity contribution is 7.92. The minimum Gasteiger partial charge on any atom is -0.212 e. The molecule has 0 amide bonds. The lowest BCUT2D eigenvalue weighted by Crippen LogP contribution is -2.21. The third kappa shape index (κ3) is 6.06. The molecular weight excluding hydrogens is 162 g/mol. The Balaban J connectivity index is 3.47. The molecule has 11 heavy (non-hydrogen) atoms. The van der Waals surface area contributed by atoms with Crippen molar-refractivity contribution in [3.63, 3.8) is 0 Å². The molecule has 0 radical (unpaired) electrons. The lowest BCUT2D eigenvalue weighted by Gasteiger charge is -1.99. The van der Waals surface area contributed by atoms with E-state index in [1.54, 1.807) is 0 Å². The van der Waals surface area contributed by atoms with Crippen molar-refractivity contribution in [2.45, 2.75) is 26.2 Å². The lowest BCUT2D eigenvalue weighted by molar-refractivity contribution is 0.585. The molecule has 0 unspecified atom stereocenters. The van der Waals surface area contributed by atoms with Gasteiger partial charge in [-0.05, 0) is 6.42 Å². The van der Waals surface area contributed by atoms with Crippen molar-refractivity contribution in [3.05, 3.63) is 12.0 Å². The van der Waals surface area contributed by atoms with Crippen LogP contribution in [0.4, 0.5) is 0 Å². The van der Waals surface area contributed by atoms with Gasteiger partial charge in [-0.2, -0.15) is 0 Å². The van der Waals surface area contributed by atoms with E-state index in [4.69, 9.17) is 0 Å². The van der Waals surface area contributed by atoms with Crippen LogP contribution >= 0.6 is 0 Å². The normalized spacial score (nSPS) is 11.4. The van der Waals surface area contributed by atoms with Gasteiger partial charge in [0.25, 0.3) is 0 Å². The Labute approximate surface area is 68.5 Å². The molecule has 0 spiro atoms. The highest BCUT2D eigenvalue weighted by atomic mass is 32.2. The van der Waals surface area contributed by atoms with Crippen molar-refractivity contribution < 1.29 is 8.42 Å². The van der Waals surface area contributed by atoms with E-state index in [2.05, 4.69) is 18.2 Å². The zero-order valence-corrected chi connectivity index (χ0v) is 7.65. The molecule has 0 heterocycles. The van der Waals surface area contributed by atoms with Crippen molar-refractivity contribution in [2.24, 2.45) is 0 Å². The summed E-state index contributed by atoms with van der Waals surface area (Å²) in [5.41, 5.74) is 0. The first-order valence-corrected chi connectivity index (χ1v) is 5.29. The van der Waals surface area contributed by atoms with Crippen LogP contribution in [0.3, 0.4) is 0 Å². The van der Waals surface area contributed by atoms with Gasteiger partial charge in [0.2, 0.25) is 10.0 Å². The molecule has 0 aliphatic heterocycles. The van der Waals surface area contributed by atoms with Gasteiger partial charge < -0.3 is 0 Å². The Hall–Kier alpha value is -0.350. The number of sulfonamides is 1. The summed E-state index contributed by atoms with van der Waals surface area (Å²) < 4.78 is 23.9. The molecule has 0 fully saturated rings. The van der Waals surface area contributed by atoms with Crippen LogP contribution in [-0.4, -0.2) is 15.0 Å². The Morgan fingerprint density at radius 1 is 1.45 bits per heavy atom. The smallest absolute Gasteiger partial charge is 0.212 e. The summed E-state index contributed by atoms with van der Waals surface area (Å²) in [5.74, 6) is 0. The molecule has 0 aliphatic rings. The second kappa shape index (κ2) is 5.32. The molecule has 0 aliphatic carbocycles. The molecule has 0 aromatic rings. The zero-order chi connectivity index (χ0) is 8.74. The molecule has 3 nitrogen and oxygen atoms in total. The first-order chi connectivity index (χ1) is 5.12. The van der Waals surface area contributed by atoms with Crippen LogP contribution in [0.1, 0.15) is 26.2 Å². The molecule has 0 bridgehead atoms. The van der Waals surface area contributed by atoms with Gasteiger partial charge in [-0.1, -0.05) is 26.3 Å². The van der Waals surface area contributed by atoms with Crippen molar-refractivity contribution in [2.75, 3.05) is 6.54 Å². The summed E-state index contributed by atoms with van der Waals surface area (Å²) in [6, 6.07) is 0. The molecule has 0 atom stereocenters. The molecule has 1 N–H and O–H groups in total. The standard InChI is InChI=1S/C7H15NO2S/c1-3-5-6-7-8-11(9,10)4-2/h4,8H,2-3,5-7H2,1H3. The first-order valence-electron chi connectivity index (χ1n) is 3.74. The van der Waals surface area contributed by atoms with Crippen LogP contribution in [0, 0.1) is 0 Å². The molecule has 0 aromatic carbocycles. The fraction of sp³-hybridized carbons (Fsp3) is 0.714. The highest BCUT2D eigenvalue weighted by Crippen LogP contribution is 1.92. The maximum Gasteiger partial charge on any atom is 0.233 e. The molecule has 0 aromatic heterocycles. The van der Waals surface area contributed by atoms with Crippen molar-refractivity contribution in [1.29, 1.82) is 0 Å². The number of hydrogen-bond donors (Lipinski definition) is 1. The van der Waals surface area contributed by atoms with E-state index >= 15 is 0 Å². The highest BCUT2D eigenvalue weighted by Gasteiger charge is 2.00. The third-order valence-electron chi connectivity index (χ3n) is 1.30. The summed E-state index contributed by atoms with van der Waals surface area (Å²) in [6.07, 6.45) is 3.04. The van der Waals surface area contributed by atoms with Crippen LogP contribution < -0.4 is 4.72 Å². The summed E-state index contributed by atoms with van der Waals surface area (Å²) in [6.45, 7) is 5.77. The predicted molar refractivity (Wildman–Crippen MR) is 46.6 cm³/mol. The average molecular weight is 177 g/mol. The largest absolute Gasteiger partial charge is 0.233 e. The summed E-state index contributed by atoms with van der Waals surface area (Å²) in [4.78, 5) is 0. The average Bonchev–Trinajstić information content (AvgIpc) is 1.99. The second-order valence-electron chi connectivity index (χ2n) is 2.31. The number of hydrogen-bond acceptors (Lipinski definition) is 2.